The summed E-state index contributed by atoms with van der Waals surface area (Å²) in [6.45, 7) is -0.370. The van der Waals surface area contributed by atoms with Gasteiger partial charge in [-0.25, -0.2) is 0 Å². The summed E-state index contributed by atoms with van der Waals surface area (Å²) in [6.07, 6.45) is -0.0765. The molecule has 0 radical (unpaired) electrons. The van der Waals surface area contributed by atoms with Crippen molar-refractivity contribution in [1.82, 2.24) is 0 Å². The Kier molecular flexibility index (Phi) is 7.24. The molecule has 1 amide bonds. The number of nitrogens with zero attached hydrogens (tertiary/aromatic N) is 1. The number of hydrogen-bond acceptors (Lipinski definition) is 5. The van der Waals surface area contributed by atoms with Crippen molar-refractivity contribution in [2.75, 3.05) is 18.1 Å². The molecule has 172 valence electrons. The monoisotopic (exact) mass is 539 g/mol. The lowest BCUT2D eigenvalue weighted by atomic mass is 10.0. The van der Waals surface area contributed by atoms with Crippen molar-refractivity contribution < 1.29 is 23.9 Å². The predicted octanol–water partition coefficient (Wildman–Crippen LogP) is 5.11. The van der Waals surface area contributed by atoms with E-state index >= 15 is 0 Å². The summed E-state index contributed by atoms with van der Waals surface area (Å²) >= 11 is 9.44. The molecule has 1 atom stereocenters. The SMILES string of the molecule is O=C(COC(=O)[C@H]1CC(=O)N(c2ccc(Cl)cc2C(=O)c2ccccc2)C1)c1ccc(Br)cc1. The minimum Gasteiger partial charge on any atom is -0.457 e. The molecule has 0 aromatic heterocycles. The van der Waals surface area contributed by atoms with Gasteiger partial charge in [-0.15, -0.1) is 0 Å². The van der Waals surface area contributed by atoms with E-state index in [1.807, 2.05) is 0 Å². The molecule has 3 aromatic carbocycles. The number of hydrogen-bond donors (Lipinski definition) is 0. The van der Waals surface area contributed by atoms with Crippen LogP contribution in [0.4, 0.5) is 5.69 Å². The molecule has 0 N–H and O–H groups in total. The van der Waals surface area contributed by atoms with Crippen molar-refractivity contribution in [3.05, 3.63) is 99.0 Å². The Morgan fingerprint density at radius 2 is 1.68 bits per heavy atom. The summed E-state index contributed by atoms with van der Waals surface area (Å²) in [5, 5.41) is 0.358. The van der Waals surface area contributed by atoms with Crippen molar-refractivity contribution >= 4 is 56.7 Å². The topological polar surface area (TPSA) is 80.8 Å². The van der Waals surface area contributed by atoms with E-state index in [-0.39, 0.29) is 36.0 Å². The van der Waals surface area contributed by atoms with Crippen LogP contribution in [0, 0.1) is 5.92 Å². The van der Waals surface area contributed by atoms with Crippen LogP contribution in [0.3, 0.4) is 0 Å². The number of rotatable bonds is 7. The Balaban J connectivity index is 1.47. The number of amides is 1. The van der Waals surface area contributed by atoms with E-state index in [0.29, 0.717) is 21.8 Å². The molecule has 3 aromatic rings. The van der Waals surface area contributed by atoms with Crippen LogP contribution in [0.1, 0.15) is 32.7 Å². The molecule has 0 saturated carbocycles. The van der Waals surface area contributed by atoms with Gasteiger partial charge in [0.15, 0.2) is 18.2 Å². The highest BCUT2D eigenvalue weighted by Gasteiger charge is 2.38. The van der Waals surface area contributed by atoms with Gasteiger partial charge in [-0.1, -0.05) is 70.0 Å². The lowest BCUT2D eigenvalue weighted by Crippen LogP contribution is -2.28. The number of halogens is 2. The second-order valence-electron chi connectivity index (χ2n) is 7.80. The van der Waals surface area contributed by atoms with E-state index in [4.69, 9.17) is 16.3 Å². The minimum atomic E-state index is -0.749. The van der Waals surface area contributed by atoms with Crippen molar-refractivity contribution in [3.63, 3.8) is 0 Å². The van der Waals surface area contributed by atoms with Crippen LogP contribution in [0.25, 0.3) is 0 Å². The molecule has 1 fully saturated rings. The number of benzene rings is 3. The molecule has 1 aliphatic rings. The lowest BCUT2D eigenvalue weighted by Gasteiger charge is -2.20. The van der Waals surface area contributed by atoms with Gasteiger partial charge in [-0.05, 0) is 30.3 Å². The number of carbonyl (C=O) groups excluding carboxylic acids is 4. The van der Waals surface area contributed by atoms with Crippen LogP contribution in [-0.2, 0) is 14.3 Å². The highest BCUT2D eigenvalue weighted by atomic mass is 79.9. The zero-order chi connectivity index (χ0) is 24.2. The van der Waals surface area contributed by atoms with Gasteiger partial charge in [-0.2, -0.15) is 0 Å². The molecule has 6 nitrogen and oxygen atoms in total. The molecular formula is C26H19BrClNO5. The zero-order valence-corrected chi connectivity index (χ0v) is 20.2. The number of ketones is 2. The van der Waals surface area contributed by atoms with Crippen LogP contribution in [0.15, 0.2) is 77.3 Å². The third-order valence-electron chi connectivity index (χ3n) is 5.50. The summed E-state index contributed by atoms with van der Waals surface area (Å²) in [7, 11) is 0. The third kappa shape index (κ3) is 5.26. The van der Waals surface area contributed by atoms with Crippen LogP contribution < -0.4 is 4.90 Å². The summed E-state index contributed by atoms with van der Waals surface area (Å²) in [5.74, 6) is -2.31. The molecule has 0 unspecified atom stereocenters. The van der Waals surface area contributed by atoms with E-state index in [1.54, 1.807) is 66.7 Å². The van der Waals surface area contributed by atoms with Gasteiger partial charge in [0.1, 0.15) is 0 Å². The van der Waals surface area contributed by atoms with Gasteiger partial charge in [-0.3, -0.25) is 19.2 Å². The van der Waals surface area contributed by atoms with E-state index in [2.05, 4.69) is 15.9 Å². The quantitative estimate of drug-likeness (QED) is 0.307. The normalized spacial score (nSPS) is 15.3. The van der Waals surface area contributed by atoms with Crippen LogP contribution in [0.2, 0.25) is 5.02 Å². The van der Waals surface area contributed by atoms with E-state index in [9.17, 15) is 19.2 Å². The van der Waals surface area contributed by atoms with Crippen molar-refractivity contribution in [2.45, 2.75) is 6.42 Å². The average Bonchev–Trinajstić information content (AvgIpc) is 3.24. The first-order valence-corrected chi connectivity index (χ1v) is 11.7. The predicted molar refractivity (Wildman–Crippen MR) is 131 cm³/mol. The maximum atomic E-state index is 13.1. The fourth-order valence-corrected chi connectivity index (χ4v) is 4.18. The fraction of sp³-hybridized carbons (Fsp3) is 0.154. The van der Waals surface area contributed by atoms with Crippen molar-refractivity contribution in [1.29, 1.82) is 0 Å². The molecule has 0 aliphatic carbocycles. The highest BCUT2D eigenvalue weighted by Crippen LogP contribution is 2.32. The second-order valence-corrected chi connectivity index (χ2v) is 9.15. The van der Waals surface area contributed by atoms with Gasteiger partial charge in [0.25, 0.3) is 0 Å². The van der Waals surface area contributed by atoms with Gasteiger partial charge in [0.05, 0.1) is 11.6 Å². The Morgan fingerprint density at radius 3 is 2.38 bits per heavy atom. The van der Waals surface area contributed by atoms with Crippen LogP contribution in [0.5, 0.6) is 0 Å². The molecule has 8 heteroatoms. The van der Waals surface area contributed by atoms with Gasteiger partial charge < -0.3 is 9.64 Å². The largest absolute Gasteiger partial charge is 0.457 e. The molecule has 4 rings (SSSR count). The lowest BCUT2D eigenvalue weighted by molar-refractivity contribution is -0.147. The Labute approximate surface area is 209 Å². The molecule has 0 bridgehead atoms. The van der Waals surface area contributed by atoms with Gasteiger partial charge in [0, 0.05) is 39.2 Å². The molecular weight excluding hydrogens is 522 g/mol. The van der Waals surface area contributed by atoms with Crippen LogP contribution in [-0.4, -0.2) is 36.6 Å². The smallest absolute Gasteiger partial charge is 0.311 e. The Morgan fingerprint density at radius 1 is 0.971 bits per heavy atom. The molecule has 0 spiro atoms. The number of carbonyl (C=O) groups is 4. The number of esters is 1. The second kappa shape index (κ2) is 10.3. The highest BCUT2D eigenvalue weighted by molar-refractivity contribution is 9.10. The first-order chi connectivity index (χ1) is 16.3. The average molecular weight is 541 g/mol. The standard InChI is InChI=1S/C26H19BrClNO5/c27-19-8-6-16(7-9-19)23(30)15-34-26(33)18-12-24(31)29(14-18)22-11-10-20(28)13-21(22)25(32)17-4-2-1-3-5-17/h1-11,13,18H,12,14-15H2/t18-/m0/s1. The summed E-state index contributed by atoms with van der Waals surface area (Å²) in [6, 6.07) is 20.1. The van der Waals surface area contributed by atoms with Crippen LogP contribution >= 0.6 is 27.5 Å². The zero-order valence-electron chi connectivity index (χ0n) is 17.9. The minimum absolute atomic E-state index is 0.0425. The molecule has 1 aliphatic heterocycles. The molecule has 1 saturated heterocycles. The van der Waals surface area contributed by atoms with Crippen molar-refractivity contribution in [2.24, 2.45) is 5.92 Å². The number of Topliss-reactive ketones (excluding diaryl/α,β-unsaturated/α-hetero) is 1. The Bertz CT molecular complexity index is 1260. The van der Waals surface area contributed by atoms with Crippen molar-refractivity contribution in [3.8, 4) is 0 Å². The summed E-state index contributed by atoms with van der Waals surface area (Å²) in [5.41, 5.74) is 1.53. The number of anilines is 1. The van der Waals surface area contributed by atoms with E-state index < -0.39 is 18.5 Å². The maximum Gasteiger partial charge on any atom is 0.311 e. The molecule has 1 heterocycles. The first kappa shape index (κ1) is 23.9. The van der Waals surface area contributed by atoms with Gasteiger partial charge in [0.2, 0.25) is 5.91 Å². The summed E-state index contributed by atoms with van der Waals surface area (Å²) < 4.78 is 6.04. The van der Waals surface area contributed by atoms with E-state index in [1.165, 1.54) is 11.0 Å². The fourth-order valence-electron chi connectivity index (χ4n) is 3.74. The van der Waals surface area contributed by atoms with E-state index in [0.717, 1.165) is 4.47 Å². The molecule has 34 heavy (non-hydrogen) atoms. The maximum absolute atomic E-state index is 13.1. The van der Waals surface area contributed by atoms with Gasteiger partial charge >= 0.3 is 5.97 Å². The number of ether oxygens (including phenoxy) is 1. The third-order valence-corrected chi connectivity index (χ3v) is 6.26. The summed E-state index contributed by atoms with van der Waals surface area (Å²) in [4.78, 5) is 52.2. The first-order valence-electron chi connectivity index (χ1n) is 10.5. The Hall–Kier alpha value is -3.29.